The van der Waals surface area contributed by atoms with Gasteiger partial charge in [0.25, 0.3) is 0 Å². The largest absolute Gasteiger partial charge is 2.00 e. The topological polar surface area (TPSA) is 110 Å². The van der Waals surface area contributed by atoms with E-state index in [1.807, 2.05) is 133 Å². The maximum Gasteiger partial charge on any atom is 2.00 e. The molecule has 0 atom stereocenters. The fourth-order valence-corrected chi connectivity index (χ4v) is 4.06. The van der Waals surface area contributed by atoms with Crippen LogP contribution < -0.4 is 9.80 Å². The van der Waals surface area contributed by atoms with E-state index in [1.54, 1.807) is 49.6 Å². The molecule has 0 saturated carbocycles. The van der Waals surface area contributed by atoms with E-state index in [2.05, 4.69) is 39.9 Å². The first kappa shape index (κ1) is 62.4. The molecule has 7 aromatic heterocycles. The molecular formula is C38H36Cl4F12N10P2Ru. The number of halogens is 16. The van der Waals surface area contributed by atoms with Crippen molar-refractivity contribution in [1.82, 2.24) is 39.9 Å². The molecule has 0 aromatic carbocycles. The van der Waals surface area contributed by atoms with Gasteiger partial charge in [0.2, 0.25) is 0 Å². The maximum absolute atomic E-state index is 10.7. The Morgan fingerprint density at radius 2 is 0.537 bits per heavy atom. The molecule has 0 N–H and O–H groups in total. The van der Waals surface area contributed by atoms with Gasteiger partial charge in [-0.2, -0.15) is 0 Å². The SMILES string of the molecule is CN(c1ccccn1)c1cnc(N(C)c2ccccn2)cn1.ClCCl.ClCCl.F[P-](F)(F)(F)(F)F.F[P-](F)(F)(F)(F)F.[Ru+2].c1ccc(-c2ccccn2)nc1.c1ccc(-c2ccccn2)nc1. The van der Waals surface area contributed by atoms with Crippen LogP contribution >= 0.6 is 62.0 Å². The fourth-order valence-electron chi connectivity index (χ4n) is 4.06. The molecule has 368 valence electrons. The van der Waals surface area contributed by atoms with Crippen LogP contribution in [0, 0.1) is 0 Å². The van der Waals surface area contributed by atoms with Gasteiger partial charge in [0.15, 0.2) is 11.6 Å². The Bertz CT molecular complexity index is 2110. The minimum absolute atomic E-state index is 0. The summed E-state index contributed by atoms with van der Waals surface area (Å²) in [5, 5.41) is 0.389. The number of hydrogen-bond donors (Lipinski definition) is 0. The number of rotatable bonds is 6. The van der Waals surface area contributed by atoms with Crippen molar-refractivity contribution in [1.29, 1.82) is 0 Å². The fraction of sp³-hybridized carbons (Fsp3) is 0.105. The Kier molecular flexibility index (Phi) is 25.0. The van der Waals surface area contributed by atoms with Crippen LogP contribution in [0.25, 0.3) is 22.8 Å². The molecule has 0 aliphatic rings. The molecule has 0 saturated heterocycles. The van der Waals surface area contributed by atoms with Crippen LogP contribution in [-0.2, 0) is 19.5 Å². The molecule has 0 radical (unpaired) electrons. The molecule has 7 heterocycles. The normalized spacial score (nSPS) is 12.2. The summed E-state index contributed by atoms with van der Waals surface area (Å²) < 4.78 is 118. The number of hydrogen-bond acceptors (Lipinski definition) is 10. The van der Waals surface area contributed by atoms with Crippen molar-refractivity contribution in [3.63, 3.8) is 0 Å². The summed E-state index contributed by atoms with van der Waals surface area (Å²) in [5.74, 6) is 3.11. The monoisotopic (exact) mass is 1160 g/mol. The smallest absolute Gasteiger partial charge is 0.255 e. The Hall–Kier alpha value is -4.62. The number of pyridine rings is 6. The first-order valence-corrected chi connectivity index (χ1v) is 23.7. The van der Waals surface area contributed by atoms with Crippen LogP contribution in [0.3, 0.4) is 0 Å². The average molecular weight is 1170 g/mol. The Morgan fingerprint density at radius 1 is 0.343 bits per heavy atom. The Balaban J connectivity index is 0.000000837. The van der Waals surface area contributed by atoms with Crippen molar-refractivity contribution < 1.29 is 69.8 Å². The van der Waals surface area contributed by atoms with Gasteiger partial charge in [0.1, 0.15) is 11.6 Å². The predicted molar refractivity (Wildman–Crippen MR) is 242 cm³/mol. The summed E-state index contributed by atoms with van der Waals surface area (Å²) in [6.07, 6.45) is 14.0. The number of nitrogens with zero attached hydrogens (tertiary/aromatic N) is 10. The molecule has 0 spiro atoms. The molecule has 29 heteroatoms. The van der Waals surface area contributed by atoms with E-state index in [-0.39, 0.29) is 30.2 Å². The van der Waals surface area contributed by atoms with E-state index in [9.17, 15) is 50.4 Å². The molecule has 0 amide bonds. The van der Waals surface area contributed by atoms with Crippen molar-refractivity contribution in [3.05, 3.63) is 159 Å². The third-order valence-corrected chi connectivity index (χ3v) is 6.48. The van der Waals surface area contributed by atoms with Crippen LogP contribution in [0.4, 0.5) is 73.6 Å². The number of alkyl halides is 4. The standard InChI is InChI=1S/C16H16N6.2C10H8N2.2CH2Cl2.2F6P.Ru/c1-21(13-7-3-5-9-17-13)15-11-20-16(12-19-15)22(2)14-8-4-6-10-18-14;2*1-3-7-11-9(5-1)10-6-2-4-8-12-10;2*2-1-3;2*1-7(2,3,4,5)6;/h3-12H,1-2H3;2*1-8H;2*1H2;;;/q;;;;;2*-1;+2. The summed E-state index contributed by atoms with van der Waals surface area (Å²) in [4.78, 5) is 38.0. The minimum Gasteiger partial charge on any atom is -0.255 e. The summed E-state index contributed by atoms with van der Waals surface area (Å²) >= 11 is 19.1. The van der Waals surface area contributed by atoms with Gasteiger partial charge in [0.05, 0.1) is 45.8 Å². The molecule has 0 aliphatic heterocycles. The van der Waals surface area contributed by atoms with Gasteiger partial charge in [-0.05, 0) is 72.8 Å². The number of anilines is 4. The molecule has 0 unspecified atom stereocenters. The zero-order valence-electron chi connectivity index (χ0n) is 34.2. The van der Waals surface area contributed by atoms with E-state index < -0.39 is 15.6 Å². The summed E-state index contributed by atoms with van der Waals surface area (Å²) in [6.45, 7) is 0. The zero-order chi connectivity index (χ0) is 50.0. The van der Waals surface area contributed by atoms with Gasteiger partial charge < -0.3 is 9.80 Å². The molecule has 7 rings (SSSR count). The molecule has 7 aromatic rings. The van der Waals surface area contributed by atoms with Crippen molar-refractivity contribution in [2.24, 2.45) is 0 Å². The molecule has 0 aliphatic carbocycles. The van der Waals surface area contributed by atoms with Gasteiger partial charge in [0, 0.05) is 51.3 Å². The van der Waals surface area contributed by atoms with Gasteiger partial charge in [-0.1, -0.05) is 36.4 Å². The summed E-state index contributed by atoms with van der Waals surface area (Å²) in [5.41, 5.74) is 3.66. The van der Waals surface area contributed by atoms with Crippen molar-refractivity contribution >= 4 is 85.3 Å². The molecule has 67 heavy (non-hydrogen) atoms. The minimum atomic E-state index is -10.7. The van der Waals surface area contributed by atoms with Crippen LogP contribution in [0.1, 0.15) is 0 Å². The first-order chi connectivity index (χ1) is 30.4. The molecule has 0 fully saturated rings. The molecular weight excluding hydrogens is 1130 g/mol. The van der Waals surface area contributed by atoms with Crippen molar-refractivity contribution in [2.45, 2.75) is 0 Å². The van der Waals surface area contributed by atoms with Crippen molar-refractivity contribution in [3.8, 4) is 22.8 Å². The first-order valence-electron chi connectivity index (χ1n) is 17.6. The van der Waals surface area contributed by atoms with Gasteiger partial charge in [-0.3, -0.25) is 19.9 Å². The predicted octanol–water partition coefficient (Wildman–Crippen LogP) is 16.7. The van der Waals surface area contributed by atoms with Crippen LogP contribution in [-0.4, -0.2) is 64.6 Å². The second kappa shape index (κ2) is 26.8. The second-order valence-corrected chi connectivity index (χ2v) is 17.2. The van der Waals surface area contributed by atoms with E-state index in [1.165, 1.54) is 0 Å². The Labute approximate surface area is 409 Å². The summed E-state index contributed by atoms with van der Waals surface area (Å²) in [7, 11) is -17.5. The van der Waals surface area contributed by atoms with Crippen LogP contribution in [0.5, 0.6) is 0 Å². The molecule has 10 nitrogen and oxygen atoms in total. The quantitative estimate of drug-likeness (QED) is 0.0691. The number of aromatic nitrogens is 8. The van der Waals surface area contributed by atoms with E-state index in [0.717, 1.165) is 46.0 Å². The van der Waals surface area contributed by atoms with Crippen LogP contribution in [0.15, 0.2) is 159 Å². The second-order valence-electron chi connectivity index (χ2n) is 11.7. The van der Waals surface area contributed by atoms with Gasteiger partial charge in [-0.15, -0.1) is 46.4 Å². The van der Waals surface area contributed by atoms with Crippen molar-refractivity contribution in [2.75, 3.05) is 34.6 Å². The third kappa shape index (κ3) is 36.1. The van der Waals surface area contributed by atoms with E-state index in [4.69, 9.17) is 46.4 Å². The summed E-state index contributed by atoms with van der Waals surface area (Å²) in [6, 6.07) is 34.7. The zero-order valence-corrected chi connectivity index (χ0v) is 40.7. The van der Waals surface area contributed by atoms with E-state index >= 15 is 0 Å². The van der Waals surface area contributed by atoms with Gasteiger partial charge >= 0.3 is 85.5 Å². The van der Waals surface area contributed by atoms with Gasteiger partial charge in [-0.25, -0.2) is 19.9 Å². The Morgan fingerprint density at radius 3 is 0.687 bits per heavy atom. The van der Waals surface area contributed by atoms with E-state index in [0.29, 0.717) is 0 Å². The van der Waals surface area contributed by atoms with Crippen LogP contribution in [0.2, 0.25) is 0 Å². The third-order valence-electron chi connectivity index (χ3n) is 6.48. The maximum atomic E-state index is 9.87. The molecule has 0 bridgehead atoms. The average Bonchev–Trinajstić information content (AvgIpc) is 3.27.